The first-order chi connectivity index (χ1) is 12.6. The molecule has 2 fully saturated rings. The van der Waals surface area contributed by atoms with Crippen LogP contribution in [0.25, 0.3) is 0 Å². The van der Waals surface area contributed by atoms with Gasteiger partial charge in [0.25, 0.3) is 5.91 Å². The second-order valence-electron chi connectivity index (χ2n) is 7.51. The molecule has 0 spiro atoms. The van der Waals surface area contributed by atoms with Gasteiger partial charge in [-0.1, -0.05) is 31.4 Å². The van der Waals surface area contributed by atoms with Gasteiger partial charge in [-0.25, -0.2) is 4.98 Å². The molecule has 0 bridgehead atoms. The number of carbonyl (C=O) groups is 1. The molecule has 1 aliphatic heterocycles. The van der Waals surface area contributed by atoms with Crippen molar-refractivity contribution < 1.29 is 9.53 Å². The van der Waals surface area contributed by atoms with E-state index in [4.69, 9.17) is 16.3 Å². The number of piperidine rings is 1. The zero-order valence-electron chi connectivity index (χ0n) is 15.7. The Bertz CT molecular complexity index is 605. The molecule has 2 aliphatic rings. The summed E-state index contributed by atoms with van der Waals surface area (Å²) in [6.07, 6.45) is 10.4. The van der Waals surface area contributed by atoms with Gasteiger partial charge in [-0.05, 0) is 44.1 Å². The van der Waals surface area contributed by atoms with E-state index in [1.165, 1.54) is 25.7 Å². The summed E-state index contributed by atoms with van der Waals surface area (Å²) in [5.74, 6) is 1.29. The van der Waals surface area contributed by atoms with E-state index in [0.29, 0.717) is 41.6 Å². The van der Waals surface area contributed by atoms with Gasteiger partial charge in [0, 0.05) is 25.8 Å². The maximum absolute atomic E-state index is 12.5. The fourth-order valence-corrected chi connectivity index (χ4v) is 4.11. The lowest BCUT2D eigenvalue weighted by Crippen LogP contribution is -2.35. The van der Waals surface area contributed by atoms with Crippen LogP contribution in [0.5, 0.6) is 0 Å². The Labute approximate surface area is 161 Å². The fourth-order valence-electron chi connectivity index (χ4n) is 3.87. The molecule has 1 saturated carbocycles. The van der Waals surface area contributed by atoms with Crippen molar-refractivity contribution >= 4 is 23.3 Å². The molecule has 144 valence electrons. The number of nitrogens with zero attached hydrogens (tertiary/aromatic N) is 2. The number of ether oxygens (including phenoxy) is 1. The molecule has 2 atom stereocenters. The molecule has 26 heavy (non-hydrogen) atoms. The molecule has 1 aliphatic carbocycles. The third-order valence-electron chi connectivity index (χ3n) is 5.49. The number of halogens is 1. The Morgan fingerprint density at radius 1 is 1.27 bits per heavy atom. The normalized spacial score (nSPS) is 23.7. The Hall–Kier alpha value is -1.33. The van der Waals surface area contributed by atoms with Crippen LogP contribution in [0.4, 0.5) is 5.82 Å². The first kappa shape index (κ1) is 19.4. The molecule has 0 aromatic carbocycles. The Morgan fingerprint density at radius 2 is 2.04 bits per heavy atom. The van der Waals surface area contributed by atoms with Gasteiger partial charge in [0.1, 0.15) is 5.82 Å². The Kier molecular flexibility index (Phi) is 7.15. The second-order valence-corrected chi connectivity index (χ2v) is 7.91. The molecule has 5 nitrogen and oxygen atoms in total. The van der Waals surface area contributed by atoms with Crippen molar-refractivity contribution in [2.24, 2.45) is 5.92 Å². The van der Waals surface area contributed by atoms with Gasteiger partial charge in [-0.3, -0.25) is 4.79 Å². The van der Waals surface area contributed by atoms with Crippen LogP contribution in [0.2, 0.25) is 5.02 Å². The van der Waals surface area contributed by atoms with Crippen LogP contribution in [0.1, 0.15) is 62.2 Å². The van der Waals surface area contributed by atoms with Crippen molar-refractivity contribution in [3.8, 4) is 0 Å². The number of nitrogens with one attached hydrogen (secondary N) is 1. The predicted molar refractivity (Wildman–Crippen MR) is 105 cm³/mol. The number of likely N-dealkylation sites (tertiary alicyclic amines) is 1. The SMILES string of the molecule is CC1CCCCC1OCCNc1ncc(C(=O)N2CCCCC2)cc1Cl. The monoisotopic (exact) mass is 379 g/mol. The van der Waals surface area contributed by atoms with E-state index in [0.717, 1.165) is 32.4 Å². The van der Waals surface area contributed by atoms with Crippen molar-refractivity contribution in [2.75, 3.05) is 31.6 Å². The van der Waals surface area contributed by atoms with E-state index in [-0.39, 0.29) is 5.91 Å². The van der Waals surface area contributed by atoms with E-state index >= 15 is 0 Å². The zero-order chi connectivity index (χ0) is 18.4. The van der Waals surface area contributed by atoms with E-state index in [1.54, 1.807) is 12.3 Å². The van der Waals surface area contributed by atoms with Crippen LogP contribution in [0.3, 0.4) is 0 Å². The van der Waals surface area contributed by atoms with Crippen LogP contribution in [0, 0.1) is 5.92 Å². The maximum atomic E-state index is 12.5. The van der Waals surface area contributed by atoms with Gasteiger partial charge in [0.15, 0.2) is 0 Å². The van der Waals surface area contributed by atoms with Gasteiger partial charge < -0.3 is 15.0 Å². The summed E-state index contributed by atoms with van der Waals surface area (Å²) in [6, 6.07) is 1.72. The van der Waals surface area contributed by atoms with Crippen LogP contribution in [0.15, 0.2) is 12.3 Å². The fraction of sp³-hybridized carbons (Fsp3) is 0.700. The summed E-state index contributed by atoms with van der Waals surface area (Å²) in [4.78, 5) is 18.8. The number of hydrogen-bond acceptors (Lipinski definition) is 4. The quantitative estimate of drug-likeness (QED) is 0.746. The molecule has 2 unspecified atom stereocenters. The molecule has 1 aromatic rings. The lowest BCUT2D eigenvalue weighted by molar-refractivity contribution is 0.000372. The molecule has 1 amide bonds. The van der Waals surface area contributed by atoms with Crippen molar-refractivity contribution in [3.63, 3.8) is 0 Å². The van der Waals surface area contributed by atoms with Gasteiger partial charge >= 0.3 is 0 Å². The van der Waals surface area contributed by atoms with Gasteiger partial charge in [-0.2, -0.15) is 0 Å². The van der Waals surface area contributed by atoms with Crippen LogP contribution in [-0.4, -0.2) is 48.1 Å². The second kappa shape index (κ2) is 9.56. The van der Waals surface area contributed by atoms with Gasteiger partial charge in [-0.15, -0.1) is 0 Å². The minimum Gasteiger partial charge on any atom is -0.376 e. The molecular weight excluding hydrogens is 350 g/mol. The number of rotatable bonds is 6. The highest BCUT2D eigenvalue weighted by atomic mass is 35.5. The highest BCUT2D eigenvalue weighted by Gasteiger charge is 2.22. The smallest absolute Gasteiger partial charge is 0.255 e. The molecular formula is C20H30ClN3O2. The standard InChI is InChI=1S/C20H30ClN3O2/c1-15-7-3-4-8-18(15)26-12-9-22-19-17(21)13-16(14-23-19)20(25)24-10-5-2-6-11-24/h13-15,18H,2-12H2,1H3,(H,22,23). The third kappa shape index (κ3) is 5.10. The maximum Gasteiger partial charge on any atom is 0.255 e. The summed E-state index contributed by atoms with van der Waals surface area (Å²) in [7, 11) is 0. The van der Waals surface area contributed by atoms with Crippen LogP contribution >= 0.6 is 11.6 Å². The van der Waals surface area contributed by atoms with Crippen LogP contribution in [-0.2, 0) is 4.74 Å². The topological polar surface area (TPSA) is 54.5 Å². The Morgan fingerprint density at radius 3 is 2.77 bits per heavy atom. The van der Waals surface area contributed by atoms with Crippen molar-refractivity contribution in [1.29, 1.82) is 0 Å². The average Bonchev–Trinajstić information content (AvgIpc) is 2.67. The number of amides is 1. The average molecular weight is 380 g/mol. The highest BCUT2D eigenvalue weighted by molar-refractivity contribution is 6.33. The molecule has 0 radical (unpaired) electrons. The highest BCUT2D eigenvalue weighted by Crippen LogP contribution is 2.26. The molecule has 2 heterocycles. The summed E-state index contributed by atoms with van der Waals surface area (Å²) in [5, 5.41) is 3.71. The van der Waals surface area contributed by atoms with E-state index < -0.39 is 0 Å². The first-order valence-electron chi connectivity index (χ1n) is 9.95. The lowest BCUT2D eigenvalue weighted by Gasteiger charge is -2.28. The predicted octanol–water partition coefficient (Wildman–Crippen LogP) is 4.37. The summed E-state index contributed by atoms with van der Waals surface area (Å²) >= 11 is 6.33. The van der Waals surface area contributed by atoms with E-state index in [2.05, 4.69) is 17.2 Å². The van der Waals surface area contributed by atoms with Crippen molar-refractivity contribution in [2.45, 2.75) is 58.0 Å². The molecule has 1 saturated heterocycles. The molecule has 3 rings (SSSR count). The number of pyridine rings is 1. The number of anilines is 1. The summed E-state index contributed by atoms with van der Waals surface area (Å²) in [6.45, 7) is 5.23. The summed E-state index contributed by atoms with van der Waals surface area (Å²) in [5.41, 5.74) is 0.565. The number of hydrogen-bond donors (Lipinski definition) is 1. The first-order valence-corrected chi connectivity index (χ1v) is 10.3. The third-order valence-corrected chi connectivity index (χ3v) is 5.78. The minimum atomic E-state index is 0.0280. The van der Waals surface area contributed by atoms with Gasteiger partial charge in [0.05, 0.1) is 23.3 Å². The number of aromatic nitrogens is 1. The minimum absolute atomic E-state index is 0.0280. The lowest BCUT2D eigenvalue weighted by atomic mass is 9.88. The number of carbonyl (C=O) groups excluding carboxylic acids is 1. The van der Waals surface area contributed by atoms with Gasteiger partial charge in [0.2, 0.25) is 0 Å². The molecule has 6 heteroatoms. The summed E-state index contributed by atoms with van der Waals surface area (Å²) < 4.78 is 6.00. The van der Waals surface area contributed by atoms with E-state index in [1.807, 2.05) is 4.90 Å². The van der Waals surface area contributed by atoms with Crippen LogP contribution < -0.4 is 5.32 Å². The largest absolute Gasteiger partial charge is 0.376 e. The molecule has 1 aromatic heterocycles. The zero-order valence-corrected chi connectivity index (χ0v) is 16.4. The van der Waals surface area contributed by atoms with E-state index in [9.17, 15) is 4.79 Å². The Balaban J connectivity index is 1.47. The van der Waals surface area contributed by atoms with Crippen molar-refractivity contribution in [1.82, 2.24) is 9.88 Å². The van der Waals surface area contributed by atoms with Crippen molar-refractivity contribution in [3.05, 3.63) is 22.8 Å². The molecule has 1 N–H and O–H groups in total.